The number of hydrogen-bond donors (Lipinski definition) is 4. The van der Waals surface area contributed by atoms with E-state index in [9.17, 15) is 25.4 Å². The average molecular weight is 317 g/mol. The van der Waals surface area contributed by atoms with Gasteiger partial charge in [-0.2, -0.15) is 0 Å². The Balaban J connectivity index is 2.20. The SMILES string of the molecule is O=[N+]([O-])c1ccccc1S[C@@H]1O[C@H](CO)[C@H](O)[C@@H](O)[C@@H]1O. The number of nitro benzene ring substituents is 1. The van der Waals surface area contributed by atoms with Gasteiger partial charge in [0, 0.05) is 6.07 Å². The molecule has 4 N–H and O–H groups in total. The number of thioether (sulfide) groups is 1. The molecule has 1 aromatic rings. The number of aliphatic hydroxyl groups excluding tert-OH is 4. The van der Waals surface area contributed by atoms with Crippen molar-refractivity contribution in [2.45, 2.75) is 34.7 Å². The molecule has 1 aliphatic heterocycles. The lowest BCUT2D eigenvalue weighted by Gasteiger charge is -2.39. The Morgan fingerprint density at radius 1 is 1.19 bits per heavy atom. The zero-order chi connectivity index (χ0) is 15.6. The Kier molecular flexibility index (Phi) is 5.14. The second-order valence-corrected chi connectivity index (χ2v) is 5.68. The summed E-state index contributed by atoms with van der Waals surface area (Å²) < 4.78 is 5.30. The van der Waals surface area contributed by atoms with E-state index in [1.54, 1.807) is 6.07 Å². The van der Waals surface area contributed by atoms with Crippen LogP contribution in [0.3, 0.4) is 0 Å². The molecule has 8 nitrogen and oxygen atoms in total. The molecule has 1 saturated heterocycles. The Hall–Kier alpha value is -1.23. The third-order valence-corrected chi connectivity index (χ3v) is 4.37. The van der Waals surface area contributed by atoms with Crippen LogP contribution in [0.5, 0.6) is 0 Å². The van der Waals surface area contributed by atoms with Crippen molar-refractivity contribution in [1.29, 1.82) is 0 Å². The second-order valence-electron chi connectivity index (χ2n) is 4.54. The first-order valence-electron chi connectivity index (χ1n) is 6.16. The van der Waals surface area contributed by atoms with Crippen molar-refractivity contribution in [2.24, 2.45) is 0 Å². The zero-order valence-corrected chi connectivity index (χ0v) is 11.6. The van der Waals surface area contributed by atoms with Gasteiger partial charge in [0.2, 0.25) is 0 Å². The predicted molar refractivity (Wildman–Crippen MR) is 72.7 cm³/mol. The second kappa shape index (κ2) is 6.69. The highest BCUT2D eigenvalue weighted by atomic mass is 32.2. The number of nitrogens with zero attached hydrogens (tertiary/aromatic N) is 1. The molecule has 116 valence electrons. The maximum atomic E-state index is 10.9. The fourth-order valence-electron chi connectivity index (χ4n) is 2.00. The van der Waals surface area contributed by atoms with Crippen LogP contribution in [0, 0.1) is 10.1 Å². The van der Waals surface area contributed by atoms with Gasteiger partial charge in [-0.25, -0.2) is 0 Å². The van der Waals surface area contributed by atoms with E-state index in [1.807, 2.05) is 0 Å². The molecule has 0 saturated carbocycles. The van der Waals surface area contributed by atoms with Crippen LogP contribution < -0.4 is 0 Å². The van der Waals surface area contributed by atoms with E-state index in [-0.39, 0.29) is 10.6 Å². The highest BCUT2D eigenvalue weighted by Gasteiger charge is 2.44. The quantitative estimate of drug-likeness (QED) is 0.431. The predicted octanol–water partition coefficient (Wildman–Crippen LogP) is -0.513. The lowest BCUT2D eigenvalue weighted by molar-refractivity contribution is -0.387. The summed E-state index contributed by atoms with van der Waals surface area (Å²) in [4.78, 5) is 10.6. The minimum atomic E-state index is -1.50. The van der Waals surface area contributed by atoms with Crippen LogP contribution in [0.15, 0.2) is 29.2 Å². The summed E-state index contributed by atoms with van der Waals surface area (Å²) in [7, 11) is 0. The van der Waals surface area contributed by atoms with Gasteiger partial charge in [0.1, 0.15) is 29.9 Å². The number of nitro groups is 1. The summed E-state index contributed by atoms with van der Waals surface area (Å²) >= 11 is 0.856. The number of benzene rings is 1. The number of aliphatic hydroxyl groups is 4. The van der Waals surface area contributed by atoms with Gasteiger partial charge in [0.05, 0.1) is 16.4 Å². The Bertz CT molecular complexity index is 512. The molecule has 1 aromatic carbocycles. The van der Waals surface area contributed by atoms with Gasteiger partial charge in [-0.3, -0.25) is 10.1 Å². The van der Waals surface area contributed by atoms with Gasteiger partial charge in [-0.1, -0.05) is 23.9 Å². The summed E-state index contributed by atoms with van der Waals surface area (Å²) in [6.07, 6.45) is -5.43. The average Bonchev–Trinajstić information content (AvgIpc) is 2.48. The molecule has 2 rings (SSSR count). The van der Waals surface area contributed by atoms with Crippen LogP contribution in [0.4, 0.5) is 5.69 Å². The van der Waals surface area contributed by atoms with Crippen LogP contribution in [-0.2, 0) is 4.74 Å². The van der Waals surface area contributed by atoms with E-state index in [0.29, 0.717) is 0 Å². The Labute approximate surface area is 124 Å². The smallest absolute Gasteiger partial charge is 0.282 e. The fourth-order valence-corrected chi connectivity index (χ4v) is 3.17. The van der Waals surface area contributed by atoms with Crippen molar-refractivity contribution in [2.75, 3.05) is 6.61 Å². The molecule has 0 unspecified atom stereocenters. The number of hydrogen-bond acceptors (Lipinski definition) is 8. The molecule has 0 bridgehead atoms. The normalized spacial score (nSPS) is 32.9. The zero-order valence-electron chi connectivity index (χ0n) is 10.8. The van der Waals surface area contributed by atoms with E-state index < -0.39 is 41.4 Å². The third-order valence-electron chi connectivity index (χ3n) is 3.15. The molecule has 0 spiro atoms. The van der Waals surface area contributed by atoms with Gasteiger partial charge >= 0.3 is 0 Å². The van der Waals surface area contributed by atoms with Crippen molar-refractivity contribution in [3.8, 4) is 0 Å². The Morgan fingerprint density at radius 3 is 2.48 bits per heavy atom. The van der Waals surface area contributed by atoms with Crippen molar-refractivity contribution in [3.63, 3.8) is 0 Å². The molecule has 9 heteroatoms. The molecule has 21 heavy (non-hydrogen) atoms. The summed E-state index contributed by atoms with van der Waals surface area (Å²) in [5.41, 5.74) is -1.19. The topological polar surface area (TPSA) is 133 Å². The molecule has 0 amide bonds. The molecule has 1 fully saturated rings. The number of para-hydroxylation sites is 1. The molecule has 5 atom stereocenters. The molecular formula is C12H15NO7S. The highest BCUT2D eigenvalue weighted by molar-refractivity contribution is 8.00. The molecule has 1 aliphatic rings. The highest BCUT2D eigenvalue weighted by Crippen LogP contribution is 2.37. The van der Waals surface area contributed by atoms with Crippen LogP contribution >= 0.6 is 11.8 Å². The largest absolute Gasteiger partial charge is 0.394 e. The molecule has 0 aliphatic carbocycles. The van der Waals surface area contributed by atoms with Gasteiger partial charge < -0.3 is 25.2 Å². The first-order chi connectivity index (χ1) is 9.95. The van der Waals surface area contributed by atoms with Gasteiger partial charge in [-0.05, 0) is 6.07 Å². The maximum Gasteiger partial charge on any atom is 0.282 e. The van der Waals surface area contributed by atoms with Crippen LogP contribution in [0.2, 0.25) is 0 Å². The minimum absolute atomic E-state index is 0.153. The van der Waals surface area contributed by atoms with E-state index in [1.165, 1.54) is 18.2 Å². The van der Waals surface area contributed by atoms with Crippen LogP contribution in [-0.4, -0.2) is 61.8 Å². The summed E-state index contributed by atoms with van der Waals surface area (Å²) in [5, 5.41) is 49.3. The van der Waals surface area contributed by atoms with Gasteiger partial charge in [-0.15, -0.1) is 0 Å². The molecule has 1 heterocycles. The number of rotatable bonds is 4. The van der Waals surface area contributed by atoms with Crippen molar-refractivity contribution >= 4 is 17.4 Å². The molecule has 0 radical (unpaired) electrons. The van der Waals surface area contributed by atoms with E-state index >= 15 is 0 Å². The third kappa shape index (κ3) is 3.34. The monoisotopic (exact) mass is 317 g/mol. The van der Waals surface area contributed by atoms with Gasteiger partial charge in [0.15, 0.2) is 0 Å². The van der Waals surface area contributed by atoms with Crippen molar-refractivity contribution in [1.82, 2.24) is 0 Å². The number of ether oxygens (including phenoxy) is 1. The van der Waals surface area contributed by atoms with Crippen LogP contribution in [0.25, 0.3) is 0 Å². The van der Waals surface area contributed by atoms with Crippen molar-refractivity contribution < 1.29 is 30.1 Å². The van der Waals surface area contributed by atoms with Crippen molar-refractivity contribution in [3.05, 3.63) is 34.4 Å². The van der Waals surface area contributed by atoms with Gasteiger partial charge in [0.25, 0.3) is 5.69 Å². The van der Waals surface area contributed by atoms with E-state index in [2.05, 4.69) is 0 Å². The van der Waals surface area contributed by atoms with E-state index in [0.717, 1.165) is 11.8 Å². The molecule has 0 aromatic heterocycles. The standard InChI is InChI=1S/C12H15NO7S/c14-5-7-9(15)10(16)11(17)12(20-7)21-8-4-2-1-3-6(8)13(18)19/h1-4,7,9-12,14-17H,5H2/t7-,9+,10-,11+,12+/m1/s1. The summed E-state index contributed by atoms with van der Waals surface area (Å²) in [5.74, 6) is 0. The lowest BCUT2D eigenvalue weighted by Crippen LogP contribution is -2.57. The fraction of sp³-hybridized carbons (Fsp3) is 0.500. The van der Waals surface area contributed by atoms with Crippen LogP contribution in [0.1, 0.15) is 0 Å². The van der Waals surface area contributed by atoms with E-state index in [4.69, 9.17) is 9.84 Å². The molecular weight excluding hydrogens is 302 g/mol. The first kappa shape index (κ1) is 16.1. The summed E-state index contributed by atoms with van der Waals surface area (Å²) in [6, 6.07) is 5.91. The minimum Gasteiger partial charge on any atom is -0.394 e. The maximum absolute atomic E-state index is 10.9. The Morgan fingerprint density at radius 2 is 1.86 bits per heavy atom. The lowest BCUT2D eigenvalue weighted by atomic mass is 10.0. The first-order valence-corrected chi connectivity index (χ1v) is 7.04. The summed E-state index contributed by atoms with van der Waals surface area (Å²) in [6.45, 7) is -0.543.